The average Bonchev–Trinajstić information content (AvgIpc) is 3.80. The fourth-order valence-corrected chi connectivity index (χ4v) is 13.3. The molecule has 6 atom stereocenters. The standard InChI is InChI=1S/C41H51N8O18P3S/c1-4-47-12-6-9-23-14-27-32(16-29(23)47)64-33-17-30-26(15-28(33)44-27)25(22-71(60,61)62)19-41(2,3)49(30)13-7-10-35(51)43-11-5-8-24-20-48(38-37(24)39(52)46-40(42)45-38)36-18-31(50)34(65-36)21-63-69(56,57)67-70(58,59)66-68(53,54)55/h14-17,20,25,31,34,36,50H,4,6-7,9-13,18-19,21-22H2,1-3H3,(H8-,42,43,45,46,51,52,53,54,55,56,57,58,59,60,61,62)/t25?,31-,34+,36+/m0/s1. The summed E-state index contributed by atoms with van der Waals surface area (Å²) in [5.41, 5.74) is 7.61. The normalized spacial score (nSPS) is 22.1. The molecule has 4 aromatic rings. The number of benzene rings is 2. The van der Waals surface area contributed by atoms with Gasteiger partial charge in [0, 0.05) is 66.5 Å². The van der Waals surface area contributed by atoms with Crippen molar-refractivity contribution in [3.05, 3.63) is 68.2 Å². The van der Waals surface area contributed by atoms with Crippen molar-refractivity contribution in [2.75, 3.05) is 49.2 Å². The number of phosphoric acid groups is 3. The molecule has 0 radical (unpaired) electrons. The van der Waals surface area contributed by atoms with E-state index in [4.69, 9.17) is 30.0 Å². The number of carbonyl (C=O) groups excluding carboxylic acids is 1. The molecule has 4 aliphatic heterocycles. The fourth-order valence-electron chi connectivity index (χ4n) is 9.46. The van der Waals surface area contributed by atoms with Gasteiger partial charge in [-0.2, -0.15) is 13.6 Å². The van der Waals surface area contributed by atoms with Gasteiger partial charge in [0.25, 0.3) is 5.56 Å². The molecule has 0 spiro atoms. The van der Waals surface area contributed by atoms with Crippen molar-refractivity contribution in [3.8, 4) is 23.3 Å². The minimum absolute atomic E-state index is 0.0263. The van der Waals surface area contributed by atoms with Crippen LogP contribution < -0.4 is 41.5 Å². The lowest BCUT2D eigenvalue weighted by atomic mass is 9.79. The van der Waals surface area contributed by atoms with Gasteiger partial charge in [0.05, 0.1) is 46.4 Å². The molecule has 0 bridgehead atoms. The van der Waals surface area contributed by atoms with Crippen LogP contribution in [-0.2, 0) is 52.9 Å². The zero-order valence-electron chi connectivity index (χ0n) is 38.3. The largest absolute Gasteiger partial charge is 0.748 e. The number of hydrogen-bond acceptors (Lipinski definition) is 18. The van der Waals surface area contributed by atoms with Crippen LogP contribution in [0.25, 0.3) is 11.0 Å². The van der Waals surface area contributed by atoms with Gasteiger partial charge in [-0.05, 0) is 57.7 Å². The van der Waals surface area contributed by atoms with E-state index in [2.05, 4.69) is 56.7 Å². The van der Waals surface area contributed by atoms with Crippen molar-refractivity contribution < 1.29 is 78.8 Å². The second kappa shape index (κ2) is 19.9. The monoisotopic (exact) mass is 1070 g/mol. The van der Waals surface area contributed by atoms with E-state index < -0.39 is 81.4 Å². The molecule has 0 aliphatic carbocycles. The molecular formula is C41H51N8O18P3S. The number of aliphatic hydroxyl groups excluding tert-OH is 1. The highest BCUT2D eigenvalue weighted by atomic mass is 32.2. The third-order valence-electron chi connectivity index (χ3n) is 12.4. The Hall–Kier alpha value is -4.87. The lowest BCUT2D eigenvalue weighted by Crippen LogP contribution is -2.50. The number of nitrogens with one attached hydrogen (secondary N) is 2. The zero-order chi connectivity index (χ0) is 51.4. The van der Waals surface area contributed by atoms with Gasteiger partial charge in [-0.25, -0.2) is 31.7 Å². The van der Waals surface area contributed by atoms with E-state index in [1.807, 2.05) is 32.0 Å². The number of hydrogen-bond donors (Lipinski definition) is 8. The highest BCUT2D eigenvalue weighted by molar-refractivity contribution is 7.85. The Morgan fingerprint density at radius 3 is 2.61 bits per heavy atom. The smallest absolute Gasteiger partial charge is 0.490 e. The van der Waals surface area contributed by atoms with Gasteiger partial charge in [-0.15, -0.1) is 0 Å². The van der Waals surface area contributed by atoms with Gasteiger partial charge in [0.2, 0.25) is 17.2 Å². The number of carbonyl (C=O) groups is 1. The highest BCUT2D eigenvalue weighted by Gasteiger charge is 2.44. The number of nitrogens with two attached hydrogens (primary N) is 1. The van der Waals surface area contributed by atoms with Crippen LogP contribution in [0.3, 0.4) is 0 Å². The summed E-state index contributed by atoms with van der Waals surface area (Å²) in [6.07, 6.45) is -0.0546. The number of aromatic nitrogens is 3. The number of nitrogen functional groups attached to an aromatic ring is 1. The van der Waals surface area contributed by atoms with E-state index in [0.29, 0.717) is 53.2 Å². The van der Waals surface area contributed by atoms with Crippen LogP contribution in [0.15, 0.2) is 40.2 Å². The molecule has 1 amide bonds. The molecule has 2 aromatic carbocycles. The van der Waals surface area contributed by atoms with E-state index in [-0.39, 0.29) is 47.8 Å². The number of fused-ring (bicyclic) bond motifs is 5. The van der Waals surface area contributed by atoms with Crippen molar-refractivity contribution in [2.24, 2.45) is 4.99 Å². The third kappa shape index (κ3) is 12.2. The number of H-pyrrole nitrogens is 1. The van der Waals surface area contributed by atoms with Gasteiger partial charge in [0.1, 0.15) is 36.5 Å². The van der Waals surface area contributed by atoms with Gasteiger partial charge in [0.15, 0.2) is 17.1 Å². The first-order valence-corrected chi connectivity index (χ1v) is 28.3. The number of nitrogens with zero attached hydrogens (tertiary/aromatic N) is 5. The lowest BCUT2D eigenvalue weighted by molar-refractivity contribution is -0.120. The molecule has 6 heterocycles. The van der Waals surface area contributed by atoms with Crippen LogP contribution >= 0.6 is 23.5 Å². The summed E-state index contributed by atoms with van der Waals surface area (Å²) >= 11 is 0. The summed E-state index contributed by atoms with van der Waals surface area (Å²) in [4.78, 5) is 76.6. The molecule has 3 unspecified atom stereocenters. The topological polar surface area (TPSA) is 380 Å². The van der Waals surface area contributed by atoms with Crippen molar-refractivity contribution in [1.82, 2.24) is 24.4 Å². The molecule has 1 saturated heterocycles. The Morgan fingerprint density at radius 2 is 1.89 bits per heavy atom. The Balaban J connectivity index is 0.933. The van der Waals surface area contributed by atoms with Crippen LogP contribution in [0, 0.1) is 11.8 Å². The predicted octanol–water partition coefficient (Wildman–Crippen LogP) is 1.38. The van der Waals surface area contributed by atoms with Gasteiger partial charge in [-0.3, -0.25) is 19.1 Å². The van der Waals surface area contributed by atoms with E-state index in [0.717, 1.165) is 31.3 Å². The summed E-state index contributed by atoms with van der Waals surface area (Å²) in [7, 11) is -21.6. The molecule has 2 aromatic heterocycles. The van der Waals surface area contributed by atoms with Crippen molar-refractivity contribution in [1.29, 1.82) is 0 Å². The first-order valence-electron chi connectivity index (χ1n) is 22.2. The Bertz CT molecular complexity index is 3330. The van der Waals surface area contributed by atoms with E-state index >= 15 is 0 Å². The minimum atomic E-state index is -5.80. The Morgan fingerprint density at radius 1 is 1.13 bits per heavy atom. The molecule has 9 N–H and O–H groups in total. The quantitative estimate of drug-likeness (QED) is 0.0299. The zero-order valence-corrected chi connectivity index (χ0v) is 41.8. The van der Waals surface area contributed by atoms with Crippen molar-refractivity contribution in [3.63, 3.8) is 0 Å². The number of aliphatic hydroxyl groups is 1. The summed E-state index contributed by atoms with van der Waals surface area (Å²) in [6.45, 7) is 7.07. The van der Waals surface area contributed by atoms with Gasteiger partial charge in [-0.1, -0.05) is 11.8 Å². The summed E-state index contributed by atoms with van der Waals surface area (Å²) in [5, 5.41) is 15.2. The van der Waals surface area contributed by atoms with Gasteiger partial charge < -0.3 is 59.2 Å². The molecule has 26 nitrogen and oxygen atoms in total. The second-order valence-corrected chi connectivity index (χ2v) is 23.8. The number of aryl methyl sites for hydroxylation is 1. The Kier molecular flexibility index (Phi) is 14.7. The molecule has 0 saturated carbocycles. The lowest BCUT2D eigenvalue weighted by Gasteiger charge is -2.48. The first-order chi connectivity index (χ1) is 33.2. The molecule has 1 fully saturated rings. The maximum atomic E-state index is 13.2. The number of anilines is 2. The summed E-state index contributed by atoms with van der Waals surface area (Å²) in [5.74, 6) is 4.87. The molecule has 71 heavy (non-hydrogen) atoms. The van der Waals surface area contributed by atoms with Crippen molar-refractivity contribution in [2.45, 2.75) is 89.2 Å². The Labute approximate surface area is 404 Å². The van der Waals surface area contributed by atoms with Crippen LogP contribution in [0.1, 0.15) is 81.7 Å². The minimum Gasteiger partial charge on any atom is -0.748 e. The second-order valence-electron chi connectivity index (χ2n) is 17.9. The molecule has 384 valence electrons. The van der Waals surface area contributed by atoms with Crippen LogP contribution in [0.5, 0.6) is 11.5 Å². The average molecular weight is 1070 g/mol. The molecule has 30 heteroatoms. The number of amides is 1. The maximum Gasteiger partial charge on any atom is 0.490 e. The SMILES string of the molecule is CC[N+]1=c2cc3c(cc2CCC1)=Nc1cc2c(cc1O3)N(CCCC(=O)NCC#Cc1cn([C@H]3C[C@H](O)[C@@H](COP(=O)(O)OP(=O)(O)OP(=O)(O)O)O3)c3nc(N)[nH]c(=O)c13)C(C)(C)CC2CS(=O)(=O)[O-]. The fraction of sp³-hybridized carbons (Fsp3) is 0.488. The maximum absolute atomic E-state index is 13.2. The third-order valence-corrected chi connectivity index (χ3v) is 17.0. The number of rotatable bonds is 16. The first kappa shape index (κ1) is 52.5. The summed E-state index contributed by atoms with van der Waals surface area (Å²) < 4.78 is 99.3. The summed E-state index contributed by atoms with van der Waals surface area (Å²) in [6, 6.07) is 7.68. The molecule has 4 aliphatic rings. The predicted molar refractivity (Wildman–Crippen MR) is 250 cm³/mol. The van der Waals surface area contributed by atoms with E-state index in [9.17, 15) is 51.1 Å². The van der Waals surface area contributed by atoms with Crippen LogP contribution in [0.2, 0.25) is 0 Å². The van der Waals surface area contributed by atoms with E-state index in [1.54, 1.807) is 6.07 Å². The van der Waals surface area contributed by atoms with Crippen LogP contribution in [0.4, 0.5) is 17.3 Å². The highest BCUT2D eigenvalue weighted by Crippen LogP contribution is 2.66. The number of aromatic amines is 1. The van der Waals surface area contributed by atoms with Crippen LogP contribution in [-0.4, -0.2) is 114 Å². The molecular weight excluding hydrogens is 1020 g/mol. The van der Waals surface area contributed by atoms with E-state index in [1.165, 1.54) is 16.3 Å². The number of ether oxygens (including phenoxy) is 2. The molecule has 8 rings (SSSR count). The van der Waals surface area contributed by atoms with Crippen molar-refractivity contribution >= 4 is 67.8 Å². The van der Waals surface area contributed by atoms with Gasteiger partial charge >= 0.3 is 23.5 Å². The number of phosphoric ester groups is 1.